The van der Waals surface area contributed by atoms with E-state index in [0.717, 1.165) is 0 Å². The van der Waals surface area contributed by atoms with E-state index >= 15 is 0 Å². The van der Waals surface area contributed by atoms with Crippen LogP contribution in [0, 0.1) is 20.8 Å². The predicted octanol–water partition coefficient (Wildman–Crippen LogP) is 0.296. The molecule has 0 unspecified atom stereocenters. The molecule has 0 amide bonds. The topological polar surface area (TPSA) is 0 Å². The van der Waals surface area contributed by atoms with Gasteiger partial charge >= 0.3 is 369 Å². The molecule has 4 rings (SSSR count). The summed E-state index contributed by atoms with van der Waals surface area (Å²) in [5.74, 6) is 0. The van der Waals surface area contributed by atoms with Crippen molar-refractivity contribution in [1.82, 2.24) is 0 Å². The summed E-state index contributed by atoms with van der Waals surface area (Å²) >= 11 is 2.81. The molecule has 0 aliphatic heterocycles. The summed E-state index contributed by atoms with van der Waals surface area (Å²) in [6.45, 7) is 65.7. The smallest absolute Gasteiger partial charge is 1.00 e. The van der Waals surface area contributed by atoms with Crippen LogP contribution in [0.3, 0.4) is 0 Å². The van der Waals surface area contributed by atoms with Crippen LogP contribution in [-0.4, -0.2) is 56.5 Å². The standard InChI is InChI=1S/C48H81Si7.3ClH.Ti/c1-32-26-29-39(49(8,9)10)46(52(17,18)19)42(32)55(45-37(6)35(4)36(5)38(45)7,43-33(2)27-30-40(50(11,12)13)47(43)53(20,21)22)44-34(3)28-31-41(51(14,15)16)48(44)54(23,24)25;;;;/h26-31H,1-25H3;3*1H;/q;;;;+3/p-3. The summed E-state index contributed by atoms with van der Waals surface area (Å²) in [5, 5.41) is 16.1. The molecular weight excluding hydrogens is 927 g/mol. The molecule has 0 fully saturated rings. The summed E-state index contributed by atoms with van der Waals surface area (Å²) in [6, 6.07) is 15.8. The largest absolute Gasteiger partial charge is 1.00 e. The van der Waals surface area contributed by atoms with E-state index in [1.54, 1.807) is 43.4 Å². The summed E-state index contributed by atoms with van der Waals surface area (Å²) < 4.78 is -0.160. The molecule has 0 nitrogen and oxygen atoms in total. The molecule has 326 valence electrons. The molecule has 0 radical (unpaired) electrons. The van der Waals surface area contributed by atoms with E-state index in [9.17, 15) is 0 Å². The zero-order valence-corrected chi connectivity index (χ0v) is 52.9. The van der Waals surface area contributed by atoms with Gasteiger partial charge in [0.15, 0.2) is 0 Å². The number of aryl methyl sites for hydroxylation is 3. The third kappa shape index (κ3) is 9.64. The first-order valence-electron chi connectivity index (χ1n) is 21.5. The molecule has 0 spiro atoms. The molecule has 0 N–H and O–H groups in total. The van der Waals surface area contributed by atoms with Crippen molar-refractivity contribution in [3.05, 3.63) is 75.4 Å². The number of benzene rings is 3. The van der Waals surface area contributed by atoms with Gasteiger partial charge in [0.05, 0.1) is 0 Å². The normalized spacial score (nSPS) is 15.6. The Kier molecular flexibility index (Phi) is 17.7. The Bertz CT molecular complexity index is 1920. The Labute approximate surface area is 402 Å². The van der Waals surface area contributed by atoms with Crippen molar-refractivity contribution in [3.63, 3.8) is 0 Å². The van der Waals surface area contributed by atoms with Gasteiger partial charge in [-0.25, -0.2) is 0 Å². The molecule has 0 heterocycles. The van der Waals surface area contributed by atoms with Crippen molar-refractivity contribution >= 4 is 103 Å². The van der Waals surface area contributed by atoms with E-state index < -0.39 is 56.5 Å². The minimum atomic E-state index is -3.20. The number of halogens is 3. The maximum atomic E-state index is 2.81. The monoisotopic (exact) mass is 1010 g/mol. The van der Waals surface area contributed by atoms with Gasteiger partial charge in [-0.3, -0.25) is 0 Å². The Hall–Kier alpha value is 0.242. The van der Waals surface area contributed by atoms with Crippen molar-refractivity contribution in [1.29, 1.82) is 0 Å². The summed E-state index contributed by atoms with van der Waals surface area (Å²) in [6.07, 6.45) is 0. The molecule has 1 aliphatic rings. The summed E-state index contributed by atoms with van der Waals surface area (Å²) in [4.78, 5) is 0. The second-order valence-corrected chi connectivity index (χ2v) is 59.9. The summed E-state index contributed by atoms with van der Waals surface area (Å²) in [5.41, 5.74) is 11.0. The van der Waals surface area contributed by atoms with Gasteiger partial charge in [0.1, 0.15) is 0 Å². The van der Waals surface area contributed by atoms with Gasteiger partial charge in [-0.1, -0.05) is 0 Å². The van der Waals surface area contributed by atoms with Gasteiger partial charge in [-0.15, -0.1) is 0 Å². The van der Waals surface area contributed by atoms with Gasteiger partial charge in [0.2, 0.25) is 0 Å². The van der Waals surface area contributed by atoms with E-state index in [4.69, 9.17) is 0 Å². The third-order valence-corrected chi connectivity index (χ3v) is 36.1. The second-order valence-electron chi connectivity index (χ2n) is 24.0. The first-order chi connectivity index (χ1) is 24.9. The molecule has 0 aromatic heterocycles. The van der Waals surface area contributed by atoms with Crippen LogP contribution in [0.2, 0.25) is 121 Å². The molecule has 0 saturated carbocycles. The molecule has 0 atom stereocenters. The fraction of sp³-hybridized carbons (Fsp3) is 0.542. The second kappa shape index (κ2) is 18.3. The Morgan fingerprint density at radius 1 is 0.322 bits per heavy atom. The van der Waals surface area contributed by atoms with Crippen LogP contribution in [0.4, 0.5) is 0 Å². The number of hydrogen-bond acceptors (Lipinski definition) is 0. The molecular formula is C48H81Cl3Si7Ti. The van der Waals surface area contributed by atoms with Gasteiger partial charge < -0.3 is 37.2 Å². The average molecular weight is 1010 g/mol. The van der Waals surface area contributed by atoms with Crippen molar-refractivity contribution in [3.8, 4) is 0 Å². The Morgan fingerprint density at radius 2 is 0.525 bits per heavy atom. The molecule has 3 aromatic carbocycles. The van der Waals surface area contributed by atoms with Gasteiger partial charge in [0.25, 0.3) is 0 Å². The van der Waals surface area contributed by atoms with E-state index in [0.29, 0.717) is 0 Å². The van der Waals surface area contributed by atoms with Crippen LogP contribution in [0.25, 0.3) is 0 Å². The maximum absolute atomic E-state index is 3.20. The van der Waals surface area contributed by atoms with Crippen LogP contribution < -0.4 is 83.9 Å². The van der Waals surface area contributed by atoms with Gasteiger partial charge in [-0.2, -0.15) is 0 Å². The van der Waals surface area contributed by atoms with Crippen LogP contribution in [0.1, 0.15) is 44.4 Å². The van der Waals surface area contributed by atoms with Crippen molar-refractivity contribution in [2.45, 2.75) is 170 Å². The van der Waals surface area contributed by atoms with E-state index in [1.165, 1.54) is 11.1 Å². The van der Waals surface area contributed by atoms with Crippen LogP contribution in [-0.2, 0) is 20.4 Å². The molecule has 3 aromatic rings. The minimum Gasteiger partial charge on any atom is -1.00 e. The van der Waals surface area contributed by atoms with Crippen LogP contribution >= 0.6 is 0 Å². The number of hydrogen-bond donors (Lipinski definition) is 0. The fourth-order valence-corrected chi connectivity index (χ4v) is 42.0. The Morgan fingerprint density at radius 3 is 0.695 bits per heavy atom. The quantitative estimate of drug-likeness (QED) is 0.203. The van der Waals surface area contributed by atoms with Crippen molar-refractivity contribution in [2.75, 3.05) is 0 Å². The van der Waals surface area contributed by atoms with Crippen LogP contribution in [0.15, 0.2) is 58.7 Å². The molecule has 59 heavy (non-hydrogen) atoms. The maximum Gasteiger partial charge on any atom is -1.00 e. The zero-order valence-electron chi connectivity index (χ0n) is 42.1. The van der Waals surface area contributed by atoms with Gasteiger partial charge in [-0.05, 0) is 0 Å². The molecule has 11 heteroatoms. The molecule has 0 saturated heterocycles. The first-order valence-corrected chi connectivity index (χ1v) is 45.3. The molecule has 1 aliphatic carbocycles. The Balaban J connectivity index is 0.00000580. The predicted molar refractivity (Wildman–Crippen MR) is 276 cm³/mol. The van der Waals surface area contributed by atoms with Crippen molar-refractivity contribution in [2.24, 2.45) is 0 Å². The minimum absolute atomic E-state index is 0. The molecule has 0 bridgehead atoms. The zero-order chi connectivity index (χ0) is 43.5. The number of allylic oxidation sites excluding steroid dienone is 4. The third-order valence-electron chi connectivity index (χ3n) is 13.4. The average Bonchev–Trinajstić information content (AvgIpc) is 3.15. The first kappa shape index (κ1) is 57.3. The van der Waals surface area contributed by atoms with E-state index in [2.05, 4.69) is 223 Å². The summed E-state index contributed by atoms with van der Waals surface area (Å²) in [7, 11) is -14.5. The SMILES string of the molecule is CC1=C(C)[C]([Ti+3])([Si](c2c(C)ccc([Si](C)(C)C)c2[Si](C)(C)C)(c2c(C)ccc([Si](C)(C)C)c2[Si](C)(C)C)c2c(C)ccc([Si](C)(C)C)c2[Si](C)(C)C)C(C)=C1C.[Cl-].[Cl-].[Cl-]. The van der Waals surface area contributed by atoms with E-state index in [-0.39, 0.29) is 40.6 Å². The van der Waals surface area contributed by atoms with Crippen LogP contribution in [0.5, 0.6) is 0 Å². The number of rotatable bonds is 10. The van der Waals surface area contributed by atoms with Gasteiger partial charge in [0, 0.05) is 0 Å². The fourth-order valence-electron chi connectivity index (χ4n) is 10.7. The van der Waals surface area contributed by atoms with E-state index in [1.807, 2.05) is 31.1 Å². The van der Waals surface area contributed by atoms with Crippen molar-refractivity contribution < 1.29 is 57.7 Å².